The smallest absolute Gasteiger partial charge is 0.0439 e. The summed E-state index contributed by atoms with van der Waals surface area (Å²) in [6.07, 6.45) is 0.860. The molecule has 0 aliphatic rings. The van der Waals surface area contributed by atoms with Crippen molar-refractivity contribution in [2.24, 2.45) is 0 Å². The van der Waals surface area contributed by atoms with Gasteiger partial charge in [0.05, 0.1) is 0 Å². The maximum atomic E-state index is 8.77. The molecule has 0 aromatic heterocycles. The zero-order valence-corrected chi connectivity index (χ0v) is 10.9. The van der Waals surface area contributed by atoms with Crippen molar-refractivity contribution in [3.8, 4) is 0 Å². The Morgan fingerprint density at radius 2 is 2.19 bits per heavy atom. The normalized spacial score (nSPS) is 10.7. The number of benzene rings is 1. The van der Waals surface area contributed by atoms with Crippen molar-refractivity contribution < 1.29 is 5.11 Å². The molecule has 0 amide bonds. The summed E-state index contributed by atoms with van der Waals surface area (Å²) >= 11 is 1.83. The van der Waals surface area contributed by atoms with Crippen LogP contribution < -0.4 is 5.32 Å². The van der Waals surface area contributed by atoms with Crippen LogP contribution in [0.25, 0.3) is 0 Å². The van der Waals surface area contributed by atoms with Gasteiger partial charge in [-0.25, -0.2) is 0 Å². The first-order chi connectivity index (χ1) is 7.77. The second-order valence-corrected chi connectivity index (χ2v) is 4.95. The number of aliphatic hydroxyl groups is 1. The SMILES string of the molecule is CCNCc1cc(C)ccc1SCCCO. The van der Waals surface area contributed by atoms with E-state index in [-0.39, 0.29) is 6.61 Å². The first kappa shape index (κ1) is 13.6. The van der Waals surface area contributed by atoms with Crippen molar-refractivity contribution in [2.75, 3.05) is 18.9 Å². The molecule has 0 radical (unpaired) electrons. The summed E-state index contributed by atoms with van der Waals surface area (Å²) in [4.78, 5) is 1.33. The molecule has 0 aliphatic carbocycles. The number of thioether (sulfide) groups is 1. The third kappa shape index (κ3) is 4.56. The van der Waals surface area contributed by atoms with E-state index in [1.54, 1.807) is 0 Å². The Morgan fingerprint density at radius 1 is 1.38 bits per heavy atom. The van der Waals surface area contributed by atoms with E-state index in [2.05, 4.69) is 37.4 Å². The van der Waals surface area contributed by atoms with Gasteiger partial charge in [-0.2, -0.15) is 0 Å². The van der Waals surface area contributed by atoms with E-state index in [9.17, 15) is 0 Å². The van der Waals surface area contributed by atoms with Gasteiger partial charge in [-0.3, -0.25) is 0 Å². The molecule has 90 valence electrons. The van der Waals surface area contributed by atoms with E-state index in [1.165, 1.54) is 16.0 Å². The van der Waals surface area contributed by atoms with E-state index in [0.717, 1.165) is 25.3 Å². The Morgan fingerprint density at radius 3 is 2.88 bits per heavy atom. The molecule has 1 rings (SSSR count). The van der Waals surface area contributed by atoms with Gasteiger partial charge < -0.3 is 10.4 Å². The lowest BCUT2D eigenvalue weighted by molar-refractivity contribution is 0.296. The Kier molecular flexibility index (Phi) is 6.53. The zero-order valence-electron chi connectivity index (χ0n) is 10.1. The van der Waals surface area contributed by atoms with Gasteiger partial charge in [0, 0.05) is 23.8 Å². The Labute approximate surface area is 102 Å². The molecule has 16 heavy (non-hydrogen) atoms. The van der Waals surface area contributed by atoms with Crippen LogP contribution in [0, 0.1) is 6.92 Å². The number of nitrogens with one attached hydrogen (secondary N) is 1. The largest absolute Gasteiger partial charge is 0.396 e. The molecule has 0 fully saturated rings. The molecule has 0 atom stereocenters. The molecule has 0 spiro atoms. The van der Waals surface area contributed by atoms with Gasteiger partial charge >= 0.3 is 0 Å². The summed E-state index contributed by atoms with van der Waals surface area (Å²) in [5.74, 6) is 0.985. The predicted octanol–water partition coefficient (Wildman–Crippen LogP) is 2.58. The fraction of sp³-hybridized carbons (Fsp3) is 0.538. The topological polar surface area (TPSA) is 32.3 Å². The number of rotatable bonds is 7. The highest BCUT2D eigenvalue weighted by atomic mass is 32.2. The second kappa shape index (κ2) is 7.71. The average Bonchev–Trinajstić information content (AvgIpc) is 2.29. The van der Waals surface area contributed by atoms with Crippen molar-refractivity contribution in [3.63, 3.8) is 0 Å². The summed E-state index contributed by atoms with van der Waals surface area (Å²) in [6.45, 7) is 6.45. The van der Waals surface area contributed by atoms with E-state index >= 15 is 0 Å². The first-order valence-electron chi connectivity index (χ1n) is 5.81. The molecule has 2 nitrogen and oxygen atoms in total. The Bertz CT molecular complexity index is 315. The van der Waals surface area contributed by atoms with Crippen LogP contribution in [0.1, 0.15) is 24.5 Å². The monoisotopic (exact) mass is 239 g/mol. The van der Waals surface area contributed by atoms with Gasteiger partial charge in [-0.1, -0.05) is 24.6 Å². The fourth-order valence-electron chi connectivity index (χ4n) is 1.49. The highest BCUT2D eigenvalue weighted by Gasteiger charge is 2.02. The lowest BCUT2D eigenvalue weighted by Crippen LogP contribution is -2.12. The summed E-state index contributed by atoms with van der Waals surface area (Å²) in [5.41, 5.74) is 2.67. The fourth-order valence-corrected chi connectivity index (χ4v) is 2.47. The van der Waals surface area contributed by atoms with E-state index in [1.807, 2.05) is 11.8 Å². The van der Waals surface area contributed by atoms with Gasteiger partial charge in [0.15, 0.2) is 0 Å². The third-order valence-corrected chi connectivity index (χ3v) is 3.54. The molecular weight excluding hydrogens is 218 g/mol. The van der Waals surface area contributed by atoms with E-state index < -0.39 is 0 Å². The molecule has 2 N–H and O–H groups in total. The minimum absolute atomic E-state index is 0.279. The Hall–Kier alpha value is -0.510. The van der Waals surface area contributed by atoms with E-state index in [0.29, 0.717) is 0 Å². The van der Waals surface area contributed by atoms with Crippen LogP contribution in [-0.4, -0.2) is 24.0 Å². The number of aryl methyl sites for hydroxylation is 1. The molecule has 0 heterocycles. The van der Waals surface area contributed by atoms with Crippen LogP contribution in [0.4, 0.5) is 0 Å². The molecular formula is C13H21NOS. The van der Waals surface area contributed by atoms with Crippen LogP contribution in [0.15, 0.2) is 23.1 Å². The van der Waals surface area contributed by atoms with Gasteiger partial charge in [0.2, 0.25) is 0 Å². The highest BCUT2D eigenvalue weighted by molar-refractivity contribution is 7.99. The average molecular weight is 239 g/mol. The molecule has 0 saturated heterocycles. The predicted molar refractivity (Wildman–Crippen MR) is 71.0 cm³/mol. The summed E-state index contributed by atoms with van der Waals surface area (Å²) < 4.78 is 0. The molecule has 1 aromatic rings. The molecule has 3 heteroatoms. The van der Waals surface area contributed by atoms with Gasteiger partial charge in [-0.05, 0) is 31.5 Å². The van der Waals surface area contributed by atoms with Crippen molar-refractivity contribution in [1.82, 2.24) is 5.32 Å². The summed E-state index contributed by atoms with van der Waals surface area (Å²) in [7, 11) is 0. The van der Waals surface area contributed by atoms with Gasteiger partial charge in [0.1, 0.15) is 0 Å². The highest BCUT2D eigenvalue weighted by Crippen LogP contribution is 2.24. The van der Waals surface area contributed by atoms with Crippen molar-refractivity contribution >= 4 is 11.8 Å². The van der Waals surface area contributed by atoms with Crippen molar-refractivity contribution in [1.29, 1.82) is 0 Å². The number of hydrogen-bond acceptors (Lipinski definition) is 3. The molecule has 0 aliphatic heterocycles. The van der Waals surface area contributed by atoms with Crippen molar-refractivity contribution in [2.45, 2.75) is 31.7 Å². The van der Waals surface area contributed by atoms with E-state index in [4.69, 9.17) is 5.11 Å². The maximum Gasteiger partial charge on any atom is 0.0439 e. The number of aliphatic hydroxyl groups excluding tert-OH is 1. The van der Waals surface area contributed by atoms with Crippen LogP contribution in [0.2, 0.25) is 0 Å². The van der Waals surface area contributed by atoms with Crippen LogP contribution in [-0.2, 0) is 6.54 Å². The van der Waals surface area contributed by atoms with Crippen molar-refractivity contribution in [3.05, 3.63) is 29.3 Å². The molecule has 0 bridgehead atoms. The summed E-state index contributed by atoms with van der Waals surface area (Å²) in [6, 6.07) is 6.57. The van der Waals surface area contributed by atoms with Crippen LogP contribution in [0.3, 0.4) is 0 Å². The lowest BCUT2D eigenvalue weighted by atomic mass is 10.1. The summed E-state index contributed by atoms with van der Waals surface area (Å²) in [5, 5.41) is 12.1. The van der Waals surface area contributed by atoms with Crippen LogP contribution in [0.5, 0.6) is 0 Å². The minimum Gasteiger partial charge on any atom is -0.396 e. The van der Waals surface area contributed by atoms with Crippen LogP contribution >= 0.6 is 11.8 Å². The zero-order chi connectivity index (χ0) is 11.8. The standard InChI is InChI=1S/C13H21NOS/c1-3-14-10-12-9-11(2)5-6-13(12)16-8-4-7-15/h5-6,9,14-15H,3-4,7-8,10H2,1-2H3. The second-order valence-electron chi connectivity index (χ2n) is 3.82. The first-order valence-corrected chi connectivity index (χ1v) is 6.80. The quantitative estimate of drug-likeness (QED) is 0.566. The molecule has 1 aromatic carbocycles. The third-order valence-electron chi connectivity index (χ3n) is 2.34. The minimum atomic E-state index is 0.279. The molecule has 0 saturated carbocycles. The van der Waals surface area contributed by atoms with Gasteiger partial charge in [-0.15, -0.1) is 11.8 Å². The number of hydrogen-bond donors (Lipinski definition) is 2. The maximum absolute atomic E-state index is 8.77. The Balaban J connectivity index is 2.64. The van der Waals surface area contributed by atoms with Gasteiger partial charge in [0.25, 0.3) is 0 Å². The molecule has 0 unspecified atom stereocenters. The lowest BCUT2D eigenvalue weighted by Gasteiger charge is -2.10.